The van der Waals surface area contributed by atoms with E-state index in [1.807, 2.05) is 18.2 Å². The van der Waals surface area contributed by atoms with Crippen LogP contribution in [0.25, 0.3) is 6.08 Å². The first-order valence-corrected chi connectivity index (χ1v) is 5.15. The molecule has 0 amide bonds. The highest BCUT2D eigenvalue weighted by Gasteiger charge is 1.97. The van der Waals surface area contributed by atoms with Crippen molar-refractivity contribution in [1.29, 1.82) is 0 Å². The number of hydrogen-bond donors (Lipinski definition) is 0. The van der Waals surface area contributed by atoms with Gasteiger partial charge in [-0.3, -0.25) is 0 Å². The van der Waals surface area contributed by atoms with Gasteiger partial charge in [-0.15, -0.1) is 0 Å². The first-order chi connectivity index (χ1) is 5.27. The minimum absolute atomic E-state index is 0.838. The van der Waals surface area contributed by atoms with Crippen LogP contribution in [0.1, 0.15) is 11.1 Å². The summed E-state index contributed by atoms with van der Waals surface area (Å²) in [5, 5.41) is 0.838. The summed E-state index contributed by atoms with van der Waals surface area (Å²) in [6.45, 7) is 3.69. The van der Waals surface area contributed by atoms with Crippen LogP contribution in [0, 0.1) is 0 Å². The summed E-state index contributed by atoms with van der Waals surface area (Å²) in [7, 11) is 0. The van der Waals surface area contributed by atoms with Gasteiger partial charge in [-0.25, -0.2) is 0 Å². The van der Waals surface area contributed by atoms with Gasteiger partial charge in [-0.1, -0.05) is 52.9 Å². The molecule has 0 spiro atoms. The zero-order valence-electron chi connectivity index (χ0n) is 5.98. The van der Waals surface area contributed by atoms with Crippen LogP contribution in [-0.2, 0) is 4.43 Å². The Morgan fingerprint density at radius 3 is 2.82 bits per heavy atom. The van der Waals surface area contributed by atoms with Gasteiger partial charge in [-0.2, -0.15) is 0 Å². The fourth-order valence-electron chi connectivity index (χ4n) is 0.824. The normalized spacial score (nSPS) is 9.64. The van der Waals surface area contributed by atoms with E-state index in [-0.39, 0.29) is 0 Å². The molecule has 0 heterocycles. The van der Waals surface area contributed by atoms with Crippen molar-refractivity contribution in [2.45, 2.75) is 4.43 Å². The monoisotopic (exact) mass is 278 g/mol. The Hall–Kier alpha value is -0.0200. The van der Waals surface area contributed by atoms with Gasteiger partial charge in [0.25, 0.3) is 0 Å². The average Bonchev–Trinajstić information content (AvgIpc) is 2.05. The van der Waals surface area contributed by atoms with Gasteiger partial charge >= 0.3 is 0 Å². The maximum absolute atomic E-state index is 5.91. The lowest BCUT2D eigenvalue weighted by Crippen LogP contribution is -1.80. The fourth-order valence-corrected chi connectivity index (χ4v) is 1.86. The summed E-state index contributed by atoms with van der Waals surface area (Å²) in [4.78, 5) is 0. The Labute approximate surface area is 85.4 Å². The summed E-state index contributed by atoms with van der Waals surface area (Å²) >= 11 is 8.21. The maximum atomic E-state index is 5.91. The van der Waals surface area contributed by atoms with Gasteiger partial charge in [0.1, 0.15) is 0 Å². The number of benzene rings is 1. The van der Waals surface area contributed by atoms with Gasteiger partial charge < -0.3 is 0 Å². The SMILES string of the molecule is C=Cc1ccc(Cl)c(CI)c1. The van der Waals surface area contributed by atoms with E-state index in [0.717, 1.165) is 15.0 Å². The third-order valence-corrected chi connectivity index (χ3v) is 2.64. The van der Waals surface area contributed by atoms with Gasteiger partial charge in [0.15, 0.2) is 0 Å². The molecule has 58 valence electrons. The summed E-state index contributed by atoms with van der Waals surface area (Å²) in [6, 6.07) is 5.93. The summed E-state index contributed by atoms with van der Waals surface area (Å²) < 4.78 is 0.943. The lowest BCUT2D eigenvalue weighted by atomic mass is 10.1. The van der Waals surface area contributed by atoms with E-state index < -0.39 is 0 Å². The minimum Gasteiger partial charge on any atom is -0.0985 e. The molecule has 11 heavy (non-hydrogen) atoms. The third-order valence-electron chi connectivity index (χ3n) is 1.45. The van der Waals surface area contributed by atoms with E-state index in [0.29, 0.717) is 0 Å². The predicted octanol–water partition coefficient (Wildman–Crippen LogP) is 3.92. The topological polar surface area (TPSA) is 0 Å². The van der Waals surface area contributed by atoms with Crippen LogP contribution >= 0.6 is 34.2 Å². The van der Waals surface area contributed by atoms with Crippen LogP contribution in [0.2, 0.25) is 5.02 Å². The molecule has 1 rings (SSSR count). The number of hydrogen-bond acceptors (Lipinski definition) is 0. The molecule has 0 aliphatic rings. The number of rotatable bonds is 2. The average molecular weight is 279 g/mol. The second-order valence-electron chi connectivity index (χ2n) is 2.19. The van der Waals surface area contributed by atoms with Crippen molar-refractivity contribution in [2.75, 3.05) is 0 Å². The van der Waals surface area contributed by atoms with Gasteiger partial charge in [0, 0.05) is 9.45 Å². The Bertz CT molecular complexity index is 268. The molecule has 0 nitrogen and oxygen atoms in total. The fraction of sp³-hybridized carbons (Fsp3) is 0.111. The van der Waals surface area contributed by atoms with Crippen molar-refractivity contribution in [3.8, 4) is 0 Å². The molecule has 0 saturated heterocycles. The third kappa shape index (κ3) is 2.20. The lowest BCUT2D eigenvalue weighted by molar-refractivity contribution is 1.44. The molecule has 0 radical (unpaired) electrons. The van der Waals surface area contributed by atoms with E-state index in [9.17, 15) is 0 Å². The van der Waals surface area contributed by atoms with E-state index in [4.69, 9.17) is 11.6 Å². The summed E-state index contributed by atoms with van der Waals surface area (Å²) in [6.07, 6.45) is 1.83. The van der Waals surface area contributed by atoms with Crippen LogP contribution in [0.4, 0.5) is 0 Å². The lowest BCUT2D eigenvalue weighted by Gasteiger charge is -2.00. The molecule has 2 heteroatoms. The van der Waals surface area contributed by atoms with Crippen LogP contribution in [0.3, 0.4) is 0 Å². The first-order valence-electron chi connectivity index (χ1n) is 3.24. The number of halogens is 2. The molecule has 0 saturated carbocycles. The smallest absolute Gasteiger partial charge is 0.0446 e. The van der Waals surface area contributed by atoms with Crippen molar-refractivity contribution in [3.63, 3.8) is 0 Å². The molecule has 0 bridgehead atoms. The van der Waals surface area contributed by atoms with Crippen molar-refractivity contribution in [2.24, 2.45) is 0 Å². The highest BCUT2D eigenvalue weighted by molar-refractivity contribution is 14.1. The molecule has 0 aliphatic heterocycles. The molecular formula is C9H8ClI. The van der Waals surface area contributed by atoms with E-state index >= 15 is 0 Å². The van der Waals surface area contributed by atoms with Crippen molar-refractivity contribution in [3.05, 3.63) is 40.9 Å². The molecular weight excluding hydrogens is 270 g/mol. The Kier molecular flexibility index (Phi) is 3.40. The molecule has 0 aromatic heterocycles. The molecule has 0 aliphatic carbocycles. The standard InChI is InChI=1S/C9H8ClI/c1-2-7-3-4-9(10)8(5-7)6-11/h2-5H,1,6H2. The zero-order chi connectivity index (χ0) is 8.27. The molecule has 0 fully saturated rings. The van der Waals surface area contributed by atoms with Crippen molar-refractivity contribution < 1.29 is 0 Å². The van der Waals surface area contributed by atoms with Crippen molar-refractivity contribution >= 4 is 40.3 Å². The molecule has 0 N–H and O–H groups in total. The van der Waals surface area contributed by atoms with Crippen molar-refractivity contribution in [1.82, 2.24) is 0 Å². The van der Waals surface area contributed by atoms with E-state index in [1.165, 1.54) is 5.56 Å². The Morgan fingerprint density at radius 1 is 1.55 bits per heavy atom. The van der Waals surface area contributed by atoms with Gasteiger partial charge in [0.05, 0.1) is 0 Å². The second kappa shape index (κ2) is 4.12. The Morgan fingerprint density at radius 2 is 2.27 bits per heavy atom. The van der Waals surface area contributed by atoms with E-state index in [1.54, 1.807) is 0 Å². The van der Waals surface area contributed by atoms with E-state index in [2.05, 4.69) is 35.2 Å². The van der Waals surface area contributed by atoms with Crippen LogP contribution in [0.15, 0.2) is 24.8 Å². The van der Waals surface area contributed by atoms with Gasteiger partial charge in [0.2, 0.25) is 0 Å². The molecule has 1 aromatic rings. The molecule has 0 atom stereocenters. The zero-order valence-corrected chi connectivity index (χ0v) is 8.89. The largest absolute Gasteiger partial charge is 0.0985 e. The second-order valence-corrected chi connectivity index (χ2v) is 3.36. The summed E-state index contributed by atoms with van der Waals surface area (Å²) in [5.74, 6) is 0. The van der Waals surface area contributed by atoms with Crippen LogP contribution < -0.4 is 0 Å². The first kappa shape index (κ1) is 9.07. The summed E-state index contributed by atoms with van der Waals surface area (Å²) in [5.41, 5.74) is 2.30. The maximum Gasteiger partial charge on any atom is 0.0446 e. The highest BCUT2D eigenvalue weighted by atomic mass is 127. The minimum atomic E-state index is 0.838. The quantitative estimate of drug-likeness (QED) is 0.568. The predicted molar refractivity (Wildman–Crippen MR) is 59.3 cm³/mol. The molecule has 1 aromatic carbocycles. The van der Waals surface area contributed by atoms with Crippen LogP contribution in [-0.4, -0.2) is 0 Å². The highest BCUT2D eigenvalue weighted by Crippen LogP contribution is 2.20. The van der Waals surface area contributed by atoms with Gasteiger partial charge in [-0.05, 0) is 23.3 Å². The molecule has 0 unspecified atom stereocenters. The number of alkyl halides is 1. The Balaban J connectivity index is 3.12. The van der Waals surface area contributed by atoms with Crippen LogP contribution in [0.5, 0.6) is 0 Å².